The summed E-state index contributed by atoms with van der Waals surface area (Å²) in [7, 11) is 0. The summed E-state index contributed by atoms with van der Waals surface area (Å²) in [6.45, 7) is 4.39. The first-order valence-electron chi connectivity index (χ1n) is 7.14. The fraction of sp³-hybridized carbons (Fsp3) is 0.235. The topological polar surface area (TPSA) is 35.5 Å². The summed E-state index contributed by atoms with van der Waals surface area (Å²) >= 11 is 5.95. The highest BCUT2D eigenvalue weighted by Crippen LogP contribution is 2.31. The van der Waals surface area contributed by atoms with Crippen molar-refractivity contribution in [3.63, 3.8) is 0 Å². The minimum absolute atomic E-state index is 0.0605. The molecule has 0 fully saturated rings. The lowest BCUT2D eigenvalue weighted by molar-refractivity contribution is 0.0717. The first kappa shape index (κ1) is 19.1. The zero-order valence-corrected chi connectivity index (χ0v) is 14.2. The van der Waals surface area contributed by atoms with Crippen molar-refractivity contribution in [1.82, 2.24) is 0 Å². The van der Waals surface area contributed by atoms with E-state index in [1.807, 2.05) is 0 Å². The highest BCUT2D eigenvalue weighted by atomic mass is 35.5. The van der Waals surface area contributed by atoms with Crippen molar-refractivity contribution in [3.8, 4) is 11.5 Å². The summed E-state index contributed by atoms with van der Waals surface area (Å²) in [6.07, 6.45) is -0.169. The molecule has 0 aliphatic rings. The van der Waals surface area contributed by atoms with Gasteiger partial charge in [0.25, 0.3) is 0 Å². The summed E-state index contributed by atoms with van der Waals surface area (Å²) in [5, 5.41) is 0.0605. The Bertz CT molecular complexity index is 808. The van der Waals surface area contributed by atoms with Gasteiger partial charge in [-0.25, -0.2) is 13.6 Å². The summed E-state index contributed by atoms with van der Waals surface area (Å²) in [5.74, 6) is -9.27. The Morgan fingerprint density at radius 3 is 2.08 bits per heavy atom. The fourth-order valence-electron chi connectivity index (χ4n) is 1.94. The zero-order chi connectivity index (χ0) is 18.9. The molecule has 0 amide bonds. The lowest BCUT2D eigenvalue weighted by Crippen LogP contribution is -2.14. The fourth-order valence-corrected chi connectivity index (χ4v) is 2.16. The maximum absolute atomic E-state index is 13.8. The van der Waals surface area contributed by atoms with Crippen molar-refractivity contribution in [1.29, 1.82) is 0 Å². The van der Waals surface area contributed by atoms with E-state index >= 15 is 0 Å². The van der Waals surface area contributed by atoms with Gasteiger partial charge in [0.05, 0.1) is 16.7 Å². The van der Waals surface area contributed by atoms with E-state index in [0.717, 1.165) is 13.0 Å². The molecule has 0 radical (unpaired) electrons. The molecule has 2 aromatic rings. The molecular weight excluding hydrogens is 364 g/mol. The third-order valence-electron chi connectivity index (χ3n) is 3.17. The molecule has 0 bridgehead atoms. The van der Waals surface area contributed by atoms with Crippen molar-refractivity contribution >= 4 is 17.6 Å². The Morgan fingerprint density at radius 2 is 1.60 bits per heavy atom. The molecule has 3 nitrogen and oxygen atoms in total. The van der Waals surface area contributed by atoms with Gasteiger partial charge in [-0.1, -0.05) is 11.6 Å². The van der Waals surface area contributed by atoms with Gasteiger partial charge in [-0.05, 0) is 39.0 Å². The van der Waals surface area contributed by atoms with E-state index in [9.17, 15) is 22.4 Å². The molecule has 8 heteroatoms. The first-order valence-corrected chi connectivity index (χ1v) is 7.52. The normalized spacial score (nSPS) is 10.9. The number of ether oxygens (including phenoxy) is 2. The smallest absolute Gasteiger partial charge is 0.343 e. The number of hydrogen-bond acceptors (Lipinski definition) is 3. The molecule has 0 unspecified atom stereocenters. The number of halogens is 5. The second-order valence-electron chi connectivity index (χ2n) is 5.41. The Morgan fingerprint density at radius 1 is 1.04 bits per heavy atom. The van der Waals surface area contributed by atoms with Crippen LogP contribution in [0.3, 0.4) is 0 Å². The van der Waals surface area contributed by atoms with Gasteiger partial charge in [-0.3, -0.25) is 0 Å². The standard InChI is InChI=1S/C17H13ClF4O3/c1-7(2)24-11-5-4-9(6-10(11)18)17(23)25-16-14(21)12(19)8(3)13(20)15(16)22/h4-7H,1-3H3. The predicted octanol–water partition coefficient (Wildman–Crippen LogP) is 5.21. The summed E-state index contributed by atoms with van der Waals surface area (Å²) in [6, 6.07) is 3.75. The van der Waals surface area contributed by atoms with Gasteiger partial charge in [0.15, 0.2) is 11.6 Å². The molecule has 0 spiro atoms. The van der Waals surface area contributed by atoms with Crippen LogP contribution < -0.4 is 9.47 Å². The van der Waals surface area contributed by atoms with Gasteiger partial charge in [0.2, 0.25) is 17.4 Å². The van der Waals surface area contributed by atoms with Gasteiger partial charge in [0.1, 0.15) is 5.75 Å². The van der Waals surface area contributed by atoms with E-state index in [1.165, 1.54) is 12.1 Å². The number of carbonyl (C=O) groups excluding carboxylic acids is 1. The average molecular weight is 377 g/mol. The molecular formula is C17H13ClF4O3. The van der Waals surface area contributed by atoms with Crippen LogP contribution in [0, 0.1) is 30.2 Å². The third-order valence-corrected chi connectivity index (χ3v) is 3.46. The van der Waals surface area contributed by atoms with Crippen LogP contribution in [0.25, 0.3) is 0 Å². The van der Waals surface area contributed by atoms with Crippen LogP contribution in [-0.2, 0) is 0 Å². The SMILES string of the molecule is Cc1c(F)c(F)c(OC(=O)c2ccc(OC(C)C)c(Cl)c2)c(F)c1F. The van der Waals surface area contributed by atoms with Crippen LogP contribution in [0.15, 0.2) is 18.2 Å². The molecule has 0 heterocycles. The maximum atomic E-state index is 13.8. The van der Waals surface area contributed by atoms with Crippen molar-refractivity contribution < 1.29 is 31.8 Å². The summed E-state index contributed by atoms with van der Waals surface area (Å²) in [4.78, 5) is 12.0. The third kappa shape index (κ3) is 3.87. The van der Waals surface area contributed by atoms with Crippen molar-refractivity contribution in [2.75, 3.05) is 0 Å². The van der Waals surface area contributed by atoms with E-state index in [4.69, 9.17) is 16.3 Å². The van der Waals surface area contributed by atoms with Crippen molar-refractivity contribution in [2.45, 2.75) is 26.9 Å². The minimum Gasteiger partial charge on any atom is -0.489 e. The van der Waals surface area contributed by atoms with Gasteiger partial charge >= 0.3 is 5.97 Å². The predicted molar refractivity (Wildman–Crippen MR) is 83.2 cm³/mol. The molecule has 2 aromatic carbocycles. The number of benzene rings is 2. The highest BCUT2D eigenvalue weighted by Gasteiger charge is 2.26. The van der Waals surface area contributed by atoms with E-state index in [2.05, 4.69) is 4.74 Å². The van der Waals surface area contributed by atoms with Gasteiger partial charge in [-0.2, -0.15) is 8.78 Å². The number of esters is 1. The Labute approximate surface area is 146 Å². The molecule has 0 aliphatic carbocycles. The van der Waals surface area contributed by atoms with Crippen LogP contribution in [0.5, 0.6) is 11.5 Å². The van der Waals surface area contributed by atoms with Crippen molar-refractivity contribution in [3.05, 3.63) is 57.6 Å². The number of rotatable bonds is 4. The van der Waals surface area contributed by atoms with Crippen LogP contribution in [0.2, 0.25) is 5.02 Å². The van der Waals surface area contributed by atoms with E-state index < -0.39 is 40.6 Å². The molecule has 25 heavy (non-hydrogen) atoms. The van der Waals surface area contributed by atoms with Crippen LogP contribution in [-0.4, -0.2) is 12.1 Å². The number of hydrogen-bond donors (Lipinski definition) is 0. The van der Waals surface area contributed by atoms with Crippen LogP contribution in [0.1, 0.15) is 29.8 Å². The summed E-state index contributed by atoms with van der Waals surface area (Å²) < 4.78 is 64.4. The average Bonchev–Trinajstić information content (AvgIpc) is 2.56. The second-order valence-corrected chi connectivity index (χ2v) is 5.82. The lowest BCUT2D eigenvalue weighted by atomic mass is 10.2. The monoisotopic (exact) mass is 376 g/mol. The molecule has 134 valence electrons. The van der Waals surface area contributed by atoms with E-state index in [-0.39, 0.29) is 22.4 Å². The second kappa shape index (κ2) is 7.31. The molecule has 0 saturated carbocycles. The largest absolute Gasteiger partial charge is 0.489 e. The quantitative estimate of drug-likeness (QED) is 0.318. The van der Waals surface area contributed by atoms with Gasteiger partial charge < -0.3 is 9.47 Å². The first-order chi connectivity index (χ1) is 11.6. The van der Waals surface area contributed by atoms with Crippen LogP contribution in [0.4, 0.5) is 17.6 Å². The highest BCUT2D eigenvalue weighted by molar-refractivity contribution is 6.32. The van der Waals surface area contributed by atoms with E-state index in [1.54, 1.807) is 13.8 Å². The Balaban J connectivity index is 2.34. The molecule has 0 aliphatic heterocycles. The molecule has 0 aromatic heterocycles. The molecule has 2 rings (SSSR count). The summed E-state index contributed by atoms with van der Waals surface area (Å²) in [5.41, 5.74) is -1.03. The van der Waals surface area contributed by atoms with Crippen LogP contribution >= 0.6 is 11.6 Å². The Kier molecular flexibility index (Phi) is 5.57. The minimum atomic E-state index is -1.80. The zero-order valence-electron chi connectivity index (χ0n) is 13.4. The van der Waals surface area contributed by atoms with Gasteiger partial charge in [0, 0.05) is 5.56 Å². The molecule has 0 N–H and O–H groups in total. The molecule has 0 atom stereocenters. The molecule has 0 saturated heterocycles. The van der Waals surface area contributed by atoms with E-state index in [0.29, 0.717) is 0 Å². The van der Waals surface area contributed by atoms with Gasteiger partial charge in [-0.15, -0.1) is 0 Å². The number of carbonyl (C=O) groups is 1. The maximum Gasteiger partial charge on any atom is 0.343 e. The Hall–Kier alpha value is -2.28. The van der Waals surface area contributed by atoms with Crippen molar-refractivity contribution in [2.24, 2.45) is 0 Å². The lowest BCUT2D eigenvalue weighted by Gasteiger charge is -2.13.